The summed E-state index contributed by atoms with van der Waals surface area (Å²) in [6.07, 6.45) is 3.45. The zero-order valence-electron chi connectivity index (χ0n) is 15.6. The van der Waals surface area contributed by atoms with Crippen LogP contribution in [0.2, 0.25) is 0 Å². The maximum atomic E-state index is 4.69. The average molecular weight is 353 g/mol. The standard InChI is InChI=1S/C17H23N9/c1-12-9-14(23(2)3)22-17(21-12)26-7-5-25(6-8-26)16-13-10-20-24(4)15(13)18-11-19-16/h9-11H,5-8H2,1-4H3. The summed E-state index contributed by atoms with van der Waals surface area (Å²) in [5, 5.41) is 5.29. The number of fused-ring (bicyclic) bond motifs is 1. The van der Waals surface area contributed by atoms with Crippen LogP contribution < -0.4 is 14.7 Å². The molecule has 0 aromatic carbocycles. The number of rotatable bonds is 3. The highest BCUT2D eigenvalue weighted by atomic mass is 15.4. The molecule has 0 radical (unpaired) electrons. The second kappa shape index (κ2) is 6.40. The van der Waals surface area contributed by atoms with E-state index < -0.39 is 0 Å². The van der Waals surface area contributed by atoms with E-state index in [0.717, 1.165) is 60.5 Å². The molecule has 1 saturated heterocycles. The lowest BCUT2D eigenvalue weighted by atomic mass is 10.3. The van der Waals surface area contributed by atoms with Gasteiger partial charge in [-0.25, -0.2) is 15.0 Å². The van der Waals surface area contributed by atoms with E-state index in [4.69, 9.17) is 4.98 Å². The Balaban J connectivity index is 1.54. The van der Waals surface area contributed by atoms with E-state index in [1.54, 1.807) is 11.0 Å². The van der Waals surface area contributed by atoms with Crippen LogP contribution in [0.25, 0.3) is 11.0 Å². The highest BCUT2D eigenvalue weighted by Crippen LogP contribution is 2.24. The summed E-state index contributed by atoms with van der Waals surface area (Å²) in [7, 11) is 5.89. The lowest BCUT2D eigenvalue weighted by molar-refractivity contribution is 0.635. The van der Waals surface area contributed by atoms with Crippen LogP contribution in [0.4, 0.5) is 17.6 Å². The minimum atomic E-state index is 0.794. The molecule has 1 aliphatic heterocycles. The third-order valence-corrected chi connectivity index (χ3v) is 4.66. The van der Waals surface area contributed by atoms with E-state index in [2.05, 4.69) is 29.9 Å². The molecule has 9 nitrogen and oxygen atoms in total. The van der Waals surface area contributed by atoms with E-state index >= 15 is 0 Å². The Morgan fingerprint density at radius 3 is 2.46 bits per heavy atom. The molecule has 0 saturated carbocycles. The molecule has 1 aliphatic rings. The van der Waals surface area contributed by atoms with Crippen LogP contribution in [-0.4, -0.2) is 70.0 Å². The predicted molar refractivity (Wildman–Crippen MR) is 102 cm³/mol. The fraction of sp³-hybridized carbons (Fsp3) is 0.471. The summed E-state index contributed by atoms with van der Waals surface area (Å²) in [6, 6.07) is 2.00. The summed E-state index contributed by atoms with van der Waals surface area (Å²) in [5.74, 6) is 2.67. The van der Waals surface area contributed by atoms with Crippen LogP contribution in [0.15, 0.2) is 18.6 Å². The Labute approximate surface area is 152 Å². The second-order valence-corrected chi connectivity index (χ2v) is 6.74. The van der Waals surface area contributed by atoms with Crippen molar-refractivity contribution in [3.8, 4) is 0 Å². The molecule has 0 aliphatic carbocycles. The highest BCUT2D eigenvalue weighted by molar-refractivity contribution is 5.86. The first kappa shape index (κ1) is 16.5. The van der Waals surface area contributed by atoms with Crippen molar-refractivity contribution in [3.63, 3.8) is 0 Å². The van der Waals surface area contributed by atoms with Gasteiger partial charge < -0.3 is 14.7 Å². The first-order chi connectivity index (χ1) is 12.5. The van der Waals surface area contributed by atoms with E-state index in [-0.39, 0.29) is 0 Å². The molecule has 26 heavy (non-hydrogen) atoms. The van der Waals surface area contributed by atoms with Crippen LogP contribution in [0, 0.1) is 6.92 Å². The Hall–Kier alpha value is -2.97. The molecule has 0 amide bonds. The number of anilines is 3. The first-order valence-electron chi connectivity index (χ1n) is 8.68. The third kappa shape index (κ3) is 2.89. The minimum absolute atomic E-state index is 0.794. The number of hydrogen-bond donors (Lipinski definition) is 0. The number of hydrogen-bond acceptors (Lipinski definition) is 8. The first-order valence-corrected chi connectivity index (χ1v) is 8.68. The smallest absolute Gasteiger partial charge is 0.227 e. The van der Waals surface area contributed by atoms with Gasteiger partial charge in [-0.3, -0.25) is 4.68 Å². The molecule has 136 valence electrons. The SMILES string of the molecule is Cc1cc(N(C)C)nc(N2CCN(c3ncnc4c3cnn4C)CC2)n1. The van der Waals surface area contributed by atoms with Crippen LogP contribution in [0.3, 0.4) is 0 Å². The number of piperazine rings is 1. The van der Waals surface area contributed by atoms with Crippen LogP contribution >= 0.6 is 0 Å². The zero-order chi connectivity index (χ0) is 18.3. The number of aromatic nitrogens is 6. The summed E-state index contributed by atoms with van der Waals surface area (Å²) < 4.78 is 1.78. The van der Waals surface area contributed by atoms with E-state index in [1.165, 1.54) is 0 Å². The molecule has 0 N–H and O–H groups in total. The van der Waals surface area contributed by atoms with Crippen molar-refractivity contribution in [1.29, 1.82) is 0 Å². The van der Waals surface area contributed by atoms with E-state index in [0.29, 0.717) is 0 Å². The lowest BCUT2D eigenvalue weighted by Gasteiger charge is -2.35. The van der Waals surface area contributed by atoms with Gasteiger partial charge in [0.05, 0.1) is 11.6 Å². The molecule has 1 fully saturated rings. The largest absolute Gasteiger partial charge is 0.363 e. The van der Waals surface area contributed by atoms with Gasteiger partial charge in [0, 0.05) is 59.1 Å². The Kier molecular flexibility index (Phi) is 4.06. The molecule has 3 aromatic rings. The van der Waals surface area contributed by atoms with Crippen molar-refractivity contribution in [1.82, 2.24) is 29.7 Å². The van der Waals surface area contributed by atoms with Gasteiger partial charge in [-0.1, -0.05) is 0 Å². The fourth-order valence-corrected chi connectivity index (χ4v) is 3.23. The molecule has 0 spiro atoms. The molecule has 0 atom stereocenters. The zero-order valence-corrected chi connectivity index (χ0v) is 15.6. The van der Waals surface area contributed by atoms with Crippen molar-refractivity contribution in [2.45, 2.75) is 6.92 Å². The van der Waals surface area contributed by atoms with Gasteiger partial charge in [-0.05, 0) is 6.92 Å². The van der Waals surface area contributed by atoms with Crippen molar-refractivity contribution in [3.05, 3.63) is 24.3 Å². The van der Waals surface area contributed by atoms with Gasteiger partial charge in [-0.15, -0.1) is 0 Å². The van der Waals surface area contributed by atoms with Gasteiger partial charge in [0.2, 0.25) is 5.95 Å². The van der Waals surface area contributed by atoms with Crippen molar-refractivity contribution >= 4 is 28.6 Å². The molecule has 4 heterocycles. The number of aryl methyl sites for hydroxylation is 2. The monoisotopic (exact) mass is 353 g/mol. The van der Waals surface area contributed by atoms with Crippen molar-refractivity contribution in [2.75, 3.05) is 55.0 Å². The maximum Gasteiger partial charge on any atom is 0.227 e. The van der Waals surface area contributed by atoms with E-state index in [9.17, 15) is 0 Å². The summed E-state index contributed by atoms with van der Waals surface area (Å²) in [6.45, 7) is 5.42. The van der Waals surface area contributed by atoms with Crippen molar-refractivity contribution < 1.29 is 0 Å². The minimum Gasteiger partial charge on any atom is -0.363 e. The van der Waals surface area contributed by atoms with Gasteiger partial charge in [0.15, 0.2) is 5.65 Å². The second-order valence-electron chi connectivity index (χ2n) is 6.74. The highest BCUT2D eigenvalue weighted by Gasteiger charge is 2.23. The molecule has 3 aromatic heterocycles. The van der Waals surface area contributed by atoms with Crippen LogP contribution in [0.5, 0.6) is 0 Å². The topological polar surface area (TPSA) is 79.1 Å². The molecule has 4 rings (SSSR count). The lowest BCUT2D eigenvalue weighted by Crippen LogP contribution is -2.47. The molecular formula is C17H23N9. The summed E-state index contributed by atoms with van der Waals surface area (Å²) >= 11 is 0. The summed E-state index contributed by atoms with van der Waals surface area (Å²) in [5.41, 5.74) is 1.84. The molecule has 0 unspecified atom stereocenters. The van der Waals surface area contributed by atoms with Crippen LogP contribution in [0.1, 0.15) is 5.69 Å². The quantitative estimate of drug-likeness (QED) is 0.686. The normalized spacial score (nSPS) is 14.9. The number of nitrogens with zero attached hydrogens (tertiary/aromatic N) is 9. The van der Waals surface area contributed by atoms with Gasteiger partial charge in [-0.2, -0.15) is 10.1 Å². The molecule has 0 bridgehead atoms. The predicted octanol–water partition coefficient (Wildman–Crippen LogP) is 0.854. The van der Waals surface area contributed by atoms with Gasteiger partial charge >= 0.3 is 0 Å². The van der Waals surface area contributed by atoms with Crippen LogP contribution in [-0.2, 0) is 7.05 Å². The van der Waals surface area contributed by atoms with Gasteiger partial charge in [0.1, 0.15) is 18.0 Å². The molecular weight excluding hydrogens is 330 g/mol. The fourth-order valence-electron chi connectivity index (χ4n) is 3.23. The Bertz CT molecular complexity index is 925. The summed E-state index contributed by atoms with van der Waals surface area (Å²) in [4.78, 5) is 24.7. The Morgan fingerprint density at radius 1 is 1.00 bits per heavy atom. The maximum absolute atomic E-state index is 4.69. The average Bonchev–Trinajstić information content (AvgIpc) is 3.03. The van der Waals surface area contributed by atoms with Crippen molar-refractivity contribution in [2.24, 2.45) is 7.05 Å². The third-order valence-electron chi connectivity index (χ3n) is 4.66. The van der Waals surface area contributed by atoms with E-state index in [1.807, 2.05) is 45.2 Å². The Morgan fingerprint density at radius 2 is 1.73 bits per heavy atom. The molecule has 9 heteroatoms. The van der Waals surface area contributed by atoms with Gasteiger partial charge in [0.25, 0.3) is 0 Å².